The van der Waals surface area contributed by atoms with Gasteiger partial charge in [0.25, 0.3) is 0 Å². The average molecular weight is 467 g/mol. The van der Waals surface area contributed by atoms with Gasteiger partial charge in [0.2, 0.25) is 0 Å². The second-order valence-corrected chi connectivity index (χ2v) is 6.72. The van der Waals surface area contributed by atoms with E-state index < -0.39 is 0 Å². The molecule has 2 aliphatic rings. The van der Waals surface area contributed by atoms with Crippen molar-refractivity contribution in [3.8, 4) is 5.75 Å². The fourth-order valence-electron chi connectivity index (χ4n) is 3.76. The van der Waals surface area contributed by atoms with Gasteiger partial charge < -0.3 is 20.1 Å². The summed E-state index contributed by atoms with van der Waals surface area (Å²) >= 11 is 0. The predicted octanol–water partition coefficient (Wildman–Crippen LogP) is 3.32. The van der Waals surface area contributed by atoms with Crippen LogP contribution in [0.15, 0.2) is 47.5 Å². The fourth-order valence-corrected chi connectivity index (χ4v) is 3.76. The molecule has 0 spiro atoms. The van der Waals surface area contributed by atoms with Crippen LogP contribution in [0, 0.1) is 0 Å². The molecule has 0 amide bonds. The Morgan fingerprint density at radius 3 is 2.77 bits per heavy atom. The second-order valence-electron chi connectivity index (χ2n) is 6.72. The number of nitrogens with one attached hydrogen (secondary N) is 2. The molecular weight excluding hydrogens is 441 g/mol. The van der Waals surface area contributed by atoms with Crippen molar-refractivity contribution in [1.82, 2.24) is 10.6 Å². The Morgan fingerprint density at radius 1 is 1.19 bits per heavy atom. The van der Waals surface area contributed by atoms with Gasteiger partial charge in [0.1, 0.15) is 12.4 Å². The van der Waals surface area contributed by atoms with E-state index in [4.69, 9.17) is 9.47 Å². The largest absolute Gasteiger partial charge is 0.492 e. The summed E-state index contributed by atoms with van der Waals surface area (Å²) in [5.41, 5.74) is 0. The smallest absolute Gasteiger partial charge is 0.191 e. The Balaban J connectivity index is 0.00000196. The van der Waals surface area contributed by atoms with E-state index >= 15 is 0 Å². The molecule has 0 saturated carbocycles. The van der Waals surface area contributed by atoms with Gasteiger partial charge in [-0.2, -0.15) is 0 Å². The minimum Gasteiger partial charge on any atom is -0.492 e. The maximum Gasteiger partial charge on any atom is 0.191 e. The van der Waals surface area contributed by atoms with E-state index in [1.54, 1.807) is 7.05 Å². The standard InChI is InChI=1S/C20H25N3O2.HI/c1-21-20(23-18-13-17-8-9-19(18)25-17)22-10-11-24-16-7-6-14-4-2-3-5-15(14)12-16;/h2-7,12,17-19H,8-11,13H2,1H3,(H2,21,22,23);1H. The lowest BCUT2D eigenvalue weighted by Gasteiger charge is -2.22. The van der Waals surface area contributed by atoms with E-state index in [1.807, 2.05) is 18.2 Å². The summed E-state index contributed by atoms with van der Waals surface area (Å²) in [4.78, 5) is 4.30. The zero-order valence-corrected chi connectivity index (χ0v) is 17.3. The van der Waals surface area contributed by atoms with Crippen molar-refractivity contribution >= 4 is 40.7 Å². The Kier molecular flexibility index (Phi) is 6.58. The van der Waals surface area contributed by atoms with Crippen LogP contribution in [-0.2, 0) is 4.74 Å². The number of ether oxygens (including phenoxy) is 2. The number of halogens is 1. The van der Waals surface area contributed by atoms with Gasteiger partial charge in [0.15, 0.2) is 5.96 Å². The number of hydrogen-bond donors (Lipinski definition) is 2. The van der Waals surface area contributed by atoms with E-state index in [2.05, 4.69) is 39.9 Å². The molecule has 140 valence electrons. The van der Waals surface area contributed by atoms with Crippen LogP contribution in [-0.4, -0.2) is 44.4 Å². The van der Waals surface area contributed by atoms with E-state index in [1.165, 1.54) is 17.2 Å². The van der Waals surface area contributed by atoms with Gasteiger partial charge >= 0.3 is 0 Å². The maximum atomic E-state index is 5.88. The van der Waals surface area contributed by atoms with Crippen LogP contribution in [0.25, 0.3) is 10.8 Å². The monoisotopic (exact) mass is 467 g/mol. The van der Waals surface area contributed by atoms with Crippen molar-refractivity contribution in [1.29, 1.82) is 0 Å². The Bertz CT molecular complexity index is 768. The highest BCUT2D eigenvalue weighted by Gasteiger charge is 2.41. The summed E-state index contributed by atoms with van der Waals surface area (Å²) in [6.45, 7) is 1.29. The molecule has 2 aromatic rings. The molecular formula is C20H26IN3O2. The SMILES string of the molecule is CN=C(NCCOc1ccc2ccccc2c1)NC1CC2CCC1O2.I. The Labute approximate surface area is 171 Å². The molecule has 26 heavy (non-hydrogen) atoms. The molecule has 6 heteroatoms. The van der Waals surface area contributed by atoms with E-state index in [9.17, 15) is 0 Å². The third-order valence-corrected chi connectivity index (χ3v) is 5.04. The van der Waals surface area contributed by atoms with Crippen LogP contribution in [0.2, 0.25) is 0 Å². The molecule has 3 atom stereocenters. The van der Waals surface area contributed by atoms with Gasteiger partial charge in [-0.15, -0.1) is 24.0 Å². The Hall–Kier alpha value is -1.54. The molecule has 2 N–H and O–H groups in total. The minimum atomic E-state index is 0. The summed E-state index contributed by atoms with van der Waals surface area (Å²) in [6.07, 6.45) is 4.23. The van der Waals surface area contributed by atoms with Gasteiger partial charge in [-0.1, -0.05) is 30.3 Å². The first-order valence-corrected chi connectivity index (χ1v) is 9.06. The van der Waals surface area contributed by atoms with Crippen molar-refractivity contribution in [2.45, 2.75) is 37.5 Å². The van der Waals surface area contributed by atoms with Gasteiger partial charge in [0.05, 0.1) is 24.8 Å². The van der Waals surface area contributed by atoms with Crippen molar-refractivity contribution < 1.29 is 9.47 Å². The number of aliphatic imine (C=N–C) groups is 1. The van der Waals surface area contributed by atoms with Crippen LogP contribution >= 0.6 is 24.0 Å². The van der Waals surface area contributed by atoms with E-state index in [-0.39, 0.29) is 24.0 Å². The topological polar surface area (TPSA) is 54.9 Å². The summed E-state index contributed by atoms with van der Waals surface area (Å²) in [5.74, 6) is 1.72. The lowest BCUT2D eigenvalue weighted by Crippen LogP contribution is -2.48. The third kappa shape index (κ3) is 4.40. The van der Waals surface area contributed by atoms with Crippen molar-refractivity contribution in [2.75, 3.05) is 20.2 Å². The first-order valence-electron chi connectivity index (χ1n) is 9.06. The number of hydrogen-bond acceptors (Lipinski definition) is 3. The normalized spacial score (nSPS) is 24.3. The molecule has 2 heterocycles. The van der Waals surface area contributed by atoms with Crippen LogP contribution in [0.1, 0.15) is 19.3 Å². The van der Waals surface area contributed by atoms with Crippen LogP contribution in [0.5, 0.6) is 5.75 Å². The van der Waals surface area contributed by atoms with E-state index in [0.29, 0.717) is 31.4 Å². The zero-order chi connectivity index (χ0) is 17.1. The van der Waals surface area contributed by atoms with Crippen molar-refractivity contribution in [3.63, 3.8) is 0 Å². The van der Waals surface area contributed by atoms with Gasteiger partial charge in [-0.25, -0.2) is 0 Å². The third-order valence-electron chi connectivity index (χ3n) is 5.04. The fraction of sp³-hybridized carbons (Fsp3) is 0.450. The van der Waals surface area contributed by atoms with Crippen LogP contribution in [0.3, 0.4) is 0 Å². The van der Waals surface area contributed by atoms with Crippen LogP contribution < -0.4 is 15.4 Å². The lowest BCUT2D eigenvalue weighted by atomic mass is 9.96. The number of benzene rings is 2. The Morgan fingerprint density at radius 2 is 2.04 bits per heavy atom. The first kappa shape index (κ1) is 19.2. The molecule has 4 rings (SSSR count). The van der Waals surface area contributed by atoms with Crippen LogP contribution in [0.4, 0.5) is 0 Å². The quantitative estimate of drug-likeness (QED) is 0.307. The molecule has 2 aromatic carbocycles. The molecule has 2 aliphatic heterocycles. The van der Waals surface area contributed by atoms with Crippen molar-refractivity contribution in [2.24, 2.45) is 4.99 Å². The highest BCUT2D eigenvalue weighted by molar-refractivity contribution is 14.0. The van der Waals surface area contributed by atoms with Gasteiger partial charge in [-0.05, 0) is 42.2 Å². The predicted molar refractivity (Wildman–Crippen MR) is 116 cm³/mol. The first-order chi connectivity index (χ1) is 12.3. The lowest BCUT2D eigenvalue weighted by molar-refractivity contribution is 0.0992. The molecule has 2 bridgehead atoms. The number of guanidine groups is 1. The average Bonchev–Trinajstić information content (AvgIpc) is 3.27. The highest BCUT2D eigenvalue weighted by Crippen LogP contribution is 2.34. The van der Waals surface area contributed by atoms with Gasteiger partial charge in [0, 0.05) is 7.05 Å². The number of rotatable bonds is 5. The summed E-state index contributed by atoms with van der Waals surface area (Å²) in [7, 11) is 1.80. The van der Waals surface area contributed by atoms with Gasteiger partial charge in [-0.3, -0.25) is 4.99 Å². The molecule has 0 aliphatic carbocycles. The molecule has 2 saturated heterocycles. The van der Waals surface area contributed by atoms with E-state index in [0.717, 1.165) is 24.6 Å². The highest BCUT2D eigenvalue weighted by atomic mass is 127. The molecule has 0 aromatic heterocycles. The minimum absolute atomic E-state index is 0. The molecule has 0 radical (unpaired) electrons. The maximum absolute atomic E-state index is 5.88. The number of fused-ring (bicyclic) bond motifs is 3. The van der Waals surface area contributed by atoms with Crippen molar-refractivity contribution in [3.05, 3.63) is 42.5 Å². The zero-order valence-electron chi connectivity index (χ0n) is 15.0. The molecule has 3 unspecified atom stereocenters. The second kappa shape index (κ2) is 8.90. The summed E-state index contributed by atoms with van der Waals surface area (Å²) in [6, 6.07) is 14.9. The summed E-state index contributed by atoms with van der Waals surface area (Å²) < 4.78 is 11.7. The molecule has 2 fully saturated rings. The summed E-state index contributed by atoms with van der Waals surface area (Å²) in [5, 5.41) is 9.22. The number of nitrogens with zero attached hydrogens (tertiary/aromatic N) is 1. The molecule has 5 nitrogen and oxygen atoms in total.